The minimum atomic E-state index is -4.88. The van der Waals surface area contributed by atoms with E-state index in [1.807, 2.05) is 0 Å². The summed E-state index contributed by atoms with van der Waals surface area (Å²) in [5, 5.41) is 0. The highest BCUT2D eigenvalue weighted by Gasteiger charge is 2.29. The van der Waals surface area contributed by atoms with E-state index < -0.39 is 146 Å². The summed E-state index contributed by atoms with van der Waals surface area (Å²) in [6.45, 7) is -6.20. The largest absolute Gasteiger partial charge is 0.472 e. The predicted molar refractivity (Wildman–Crippen MR) is 185 cm³/mol. The normalized spacial score (nSPS) is 20.0. The van der Waals surface area contributed by atoms with Gasteiger partial charge in [0, 0.05) is 12.5 Å². The molecule has 0 aromatic carbocycles. The summed E-state index contributed by atoms with van der Waals surface area (Å²) in [5.74, 6) is -1.14. The van der Waals surface area contributed by atoms with Crippen LogP contribution < -0.4 is 5.54 Å². The molecule has 0 aromatic heterocycles. The van der Waals surface area contributed by atoms with E-state index in [4.69, 9.17) is 9.79 Å². The van der Waals surface area contributed by atoms with Crippen LogP contribution in [0.5, 0.6) is 0 Å². The Morgan fingerprint density at radius 3 is 0.807 bits per heavy atom. The van der Waals surface area contributed by atoms with Crippen molar-refractivity contribution in [2.24, 2.45) is 11.8 Å². The van der Waals surface area contributed by atoms with Crippen molar-refractivity contribution in [3.63, 3.8) is 0 Å². The van der Waals surface area contributed by atoms with Gasteiger partial charge in [0.25, 0.3) is 0 Å². The van der Waals surface area contributed by atoms with Gasteiger partial charge in [0.05, 0.1) is 85.9 Å². The van der Waals surface area contributed by atoms with Crippen molar-refractivity contribution < 1.29 is 134 Å². The molecule has 9 N–H and O–H groups in total. The second kappa shape index (κ2) is 28.4. The molecule has 29 nitrogen and oxygen atoms in total. The Morgan fingerprint density at radius 1 is 0.386 bits per heavy atom. The molecule has 8 unspecified atom stereocenters. The predicted octanol–water partition coefficient (Wildman–Crippen LogP) is 2.42. The third-order valence-electron chi connectivity index (χ3n) is 5.91. The second-order valence-corrected chi connectivity index (χ2v) is 20.4. The fourth-order valence-corrected chi connectivity index (χ4v) is 7.77. The summed E-state index contributed by atoms with van der Waals surface area (Å²) in [4.78, 5) is 75.2. The quantitative estimate of drug-likeness (QED) is 0.0244. The fourth-order valence-electron chi connectivity index (χ4n) is 3.07. The van der Waals surface area contributed by atoms with E-state index in [0.717, 1.165) is 0 Å². The first-order chi connectivity index (χ1) is 26.2. The van der Waals surface area contributed by atoms with E-state index >= 15 is 0 Å². The molecule has 0 saturated carbocycles. The smallest absolute Gasteiger partial charge is 0.303 e. The van der Waals surface area contributed by atoms with Crippen LogP contribution in [0, 0.1) is 11.8 Å². The van der Waals surface area contributed by atoms with Crippen LogP contribution in [-0.2, 0) is 90.8 Å². The Morgan fingerprint density at radius 2 is 0.596 bits per heavy atom. The van der Waals surface area contributed by atoms with Crippen molar-refractivity contribution in [2.45, 2.75) is 26.7 Å². The lowest BCUT2D eigenvalue weighted by molar-refractivity contribution is 0.0717. The maximum absolute atomic E-state index is 12.2. The van der Waals surface area contributed by atoms with Gasteiger partial charge in [-0.25, -0.2) is 32.0 Å². The van der Waals surface area contributed by atoms with Crippen LogP contribution in [-0.4, -0.2) is 132 Å². The third kappa shape index (κ3) is 33.9. The average Bonchev–Trinajstić information content (AvgIpc) is 3.09. The van der Waals surface area contributed by atoms with E-state index in [9.17, 15) is 65.8 Å². The SMILES string of the molecule is CCC(CNF)COP(=O)(O)OCCOP(=O)(O)OCCOP(=O)(O)OCCOP(=O)(O)OCCOP(=O)(O)OCCOP(=O)(O)OCC(CC)COP(=O)(O)O. The molecule has 0 spiro atoms. The Hall–Kier alpha value is 0.660. The number of phosphoric ester groups is 7. The van der Waals surface area contributed by atoms with Gasteiger partial charge in [-0.1, -0.05) is 13.8 Å². The fraction of sp³-hybridized carbons (Fsp3) is 1.00. The van der Waals surface area contributed by atoms with Gasteiger partial charge in [0.1, 0.15) is 0 Å². The minimum Gasteiger partial charge on any atom is -0.303 e. The third-order valence-corrected chi connectivity index (χ3v) is 12.4. The Bertz CT molecular complexity index is 1470. The van der Waals surface area contributed by atoms with E-state index in [1.165, 1.54) is 5.54 Å². The van der Waals surface area contributed by atoms with E-state index in [1.54, 1.807) is 13.8 Å². The van der Waals surface area contributed by atoms with Crippen molar-refractivity contribution in [3.05, 3.63) is 0 Å². The van der Waals surface area contributed by atoms with Gasteiger partial charge in [0.15, 0.2) is 0 Å². The molecule has 0 aromatic rings. The lowest BCUT2D eigenvalue weighted by Crippen LogP contribution is -2.20. The Kier molecular flexibility index (Phi) is 28.7. The van der Waals surface area contributed by atoms with Gasteiger partial charge in [0.2, 0.25) is 0 Å². The second-order valence-electron chi connectivity index (χ2n) is 10.4. The summed E-state index contributed by atoms with van der Waals surface area (Å²) in [6, 6.07) is 0. The van der Waals surface area contributed by atoms with Gasteiger partial charge in [-0.15, -0.1) is 4.48 Å². The lowest BCUT2D eigenvalue weighted by Gasteiger charge is -2.18. The highest BCUT2D eigenvalue weighted by Crippen LogP contribution is 2.49. The first kappa shape index (κ1) is 57.7. The van der Waals surface area contributed by atoms with Crippen LogP contribution >= 0.6 is 54.8 Å². The topological polar surface area (TPSA) is 413 Å². The molecule has 0 bridgehead atoms. The van der Waals surface area contributed by atoms with Crippen molar-refractivity contribution in [2.75, 3.05) is 92.4 Å². The molecule has 0 radical (unpaired) electrons. The van der Waals surface area contributed by atoms with Crippen LogP contribution in [0.4, 0.5) is 4.48 Å². The number of halogens is 1. The molecular formula is C20H49FNO28P7. The average molecular weight is 987 g/mol. The molecule has 57 heavy (non-hydrogen) atoms. The van der Waals surface area contributed by atoms with Crippen molar-refractivity contribution in [3.8, 4) is 0 Å². The van der Waals surface area contributed by atoms with Crippen molar-refractivity contribution in [1.82, 2.24) is 5.54 Å². The first-order valence-corrected chi connectivity index (χ1v) is 26.4. The number of nitrogens with one attached hydrogen (secondary N) is 1. The molecule has 8 atom stereocenters. The molecule has 0 fully saturated rings. The molecule has 0 aliphatic heterocycles. The molecule has 0 rings (SSSR count). The molecule has 0 saturated heterocycles. The number of hydrogen-bond acceptors (Lipinski definition) is 21. The Labute approximate surface area is 325 Å². The number of rotatable bonds is 38. The van der Waals surface area contributed by atoms with Gasteiger partial charge in [-0.2, -0.15) is 5.54 Å². The van der Waals surface area contributed by atoms with Crippen LogP contribution in [0.3, 0.4) is 0 Å². The summed E-state index contributed by atoms with van der Waals surface area (Å²) in [7, 11) is -33.5. The molecule has 0 aliphatic carbocycles. The first-order valence-electron chi connectivity index (χ1n) is 15.9. The molecule has 0 amide bonds. The molecule has 0 heterocycles. The van der Waals surface area contributed by atoms with Crippen LogP contribution in [0.15, 0.2) is 0 Å². The molecular weight excluding hydrogens is 938 g/mol. The molecule has 37 heteroatoms. The van der Waals surface area contributed by atoms with E-state index in [2.05, 4.69) is 58.8 Å². The van der Waals surface area contributed by atoms with E-state index in [-0.39, 0.29) is 19.6 Å². The van der Waals surface area contributed by atoms with Gasteiger partial charge in [-0.05, 0) is 18.8 Å². The maximum Gasteiger partial charge on any atom is 0.472 e. The summed E-state index contributed by atoms with van der Waals surface area (Å²) < 4.78 is 153. The van der Waals surface area contributed by atoms with Gasteiger partial charge >= 0.3 is 54.8 Å². The van der Waals surface area contributed by atoms with E-state index in [0.29, 0.717) is 6.42 Å². The van der Waals surface area contributed by atoms with Gasteiger partial charge < -0.3 is 39.1 Å². The standard InChI is InChI=1S/C20H49FNO28P7/c1-3-19(15-22-21)16-49-56(34,35)46-13-11-44-54(30,31)42-9-7-40-52(26,27)38-5-6-39-53(28,29)41-8-10-43-55(32,33)45-12-14-47-57(36,37)50-18-20(4-2)17-48-51(23,24)25/h19-20,22H,3-18H2,1-2H3,(H,26,27)(H,28,29)(H,30,31)(H,32,33)(H,34,35)(H,36,37)(H2,23,24,25). The van der Waals surface area contributed by atoms with Crippen molar-refractivity contribution >= 4 is 54.8 Å². The lowest BCUT2D eigenvalue weighted by atomic mass is 10.1. The van der Waals surface area contributed by atoms with Crippen LogP contribution in [0.2, 0.25) is 0 Å². The molecule has 0 aliphatic rings. The summed E-state index contributed by atoms with van der Waals surface area (Å²) in [6.07, 6.45) is 0.659. The van der Waals surface area contributed by atoms with Crippen LogP contribution in [0.1, 0.15) is 26.7 Å². The maximum atomic E-state index is 12.2. The minimum absolute atomic E-state index is 0.140. The van der Waals surface area contributed by atoms with Crippen molar-refractivity contribution in [1.29, 1.82) is 0 Å². The summed E-state index contributed by atoms with van der Waals surface area (Å²) >= 11 is 0. The summed E-state index contributed by atoms with van der Waals surface area (Å²) in [5.41, 5.74) is 1.40. The monoisotopic (exact) mass is 987 g/mol. The Balaban J connectivity index is 4.24. The zero-order valence-corrected chi connectivity index (χ0v) is 36.5. The van der Waals surface area contributed by atoms with Crippen LogP contribution in [0.25, 0.3) is 0 Å². The number of phosphoric acid groups is 7. The van der Waals surface area contributed by atoms with Gasteiger partial charge in [-0.3, -0.25) is 58.8 Å². The zero-order chi connectivity index (χ0) is 43.9. The zero-order valence-electron chi connectivity index (χ0n) is 30.2. The number of hydrogen-bond donors (Lipinski definition) is 9. The highest BCUT2D eigenvalue weighted by molar-refractivity contribution is 7.49. The highest BCUT2D eigenvalue weighted by atomic mass is 31.2. The molecule has 344 valence electrons.